The van der Waals surface area contributed by atoms with Crippen molar-refractivity contribution in [2.75, 3.05) is 17.1 Å². The number of anilines is 1. The van der Waals surface area contributed by atoms with E-state index in [4.69, 9.17) is 23.2 Å². The molecular weight excluding hydrogens is 509 g/mol. The van der Waals surface area contributed by atoms with Crippen molar-refractivity contribution in [1.82, 2.24) is 10.2 Å². The van der Waals surface area contributed by atoms with Crippen LogP contribution >= 0.6 is 23.2 Å². The number of carbonyl (C=O) groups is 2. The third-order valence-corrected chi connectivity index (χ3v) is 7.87. The standard InChI is InChI=1S/C25H31Cl2N3O4S/c1-17-8-11-21(27)14-23(17)30(35(3,33)34)16-24(31)29(15-19-9-12-20(26)13-10-19)18(2)25(32)28-22-6-4-5-7-22/h8-14,18,22H,4-7,15-16H2,1-3H3,(H,28,32)/t18-/m0/s1. The molecule has 0 spiro atoms. The Bertz CT molecular complexity index is 1170. The Kier molecular flexibility index (Phi) is 9.07. The van der Waals surface area contributed by atoms with Crippen LogP contribution in [-0.4, -0.2) is 50.0 Å². The Labute approximate surface area is 217 Å². The minimum atomic E-state index is -3.82. The summed E-state index contributed by atoms with van der Waals surface area (Å²) in [5, 5.41) is 3.95. The summed E-state index contributed by atoms with van der Waals surface area (Å²) in [6, 6.07) is 11.1. The molecule has 10 heteroatoms. The van der Waals surface area contributed by atoms with Crippen molar-refractivity contribution in [3.8, 4) is 0 Å². The normalized spacial score (nSPS) is 15.0. The first kappa shape index (κ1) is 27.3. The number of nitrogens with zero attached hydrogens (tertiary/aromatic N) is 2. The third kappa shape index (κ3) is 7.35. The van der Waals surface area contributed by atoms with Crippen molar-refractivity contribution in [3.63, 3.8) is 0 Å². The topological polar surface area (TPSA) is 86.8 Å². The molecule has 0 heterocycles. The second kappa shape index (κ2) is 11.6. The molecule has 0 bridgehead atoms. The number of sulfonamides is 1. The summed E-state index contributed by atoms with van der Waals surface area (Å²) < 4.78 is 26.4. The summed E-state index contributed by atoms with van der Waals surface area (Å²) >= 11 is 12.1. The van der Waals surface area contributed by atoms with Crippen LogP contribution in [0.25, 0.3) is 0 Å². The van der Waals surface area contributed by atoms with Crippen molar-refractivity contribution in [1.29, 1.82) is 0 Å². The SMILES string of the molecule is Cc1ccc(Cl)cc1N(CC(=O)N(Cc1ccc(Cl)cc1)[C@@H](C)C(=O)NC1CCCC1)S(C)(=O)=O. The molecule has 1 atom stereocenters. The van der Waals surface area contributed by atoms with Gasteiger partial charge in [-0.3, -0.25) is 13.9 Å². The average Bonchev–Trinajstić information content (AvgIpc) is 3.30. The van der Waals surface area contributed by atoms with E-state index in [-0.39, 0.29) is 18.5 Å². The van der Waals surface area contributed by atoms with Crippen molar-refractivity contribution in [2.45, 2.75) is 58.2 Å². The molecule has 1 aliphatic carbocycles. The average molecular weight is 541 g/mol. The van der Waals surface area contributed by atoms with Gasteiger partial charge in [0.15, 0.2) is 0 Å². The van der Waals surface area contributed by atoms with Crippen molar-refractivity contribution in [3.05, 3.63) is 63.6 Å². The molecule has 2 amide bonds. The first-order chi connectivity index (χ1) is 16.5. The number of aryl methyl sites for hydroxylation is 1. The van der Waals surface area contributed by atoms with Gasteiger partial charge in [0.1, 0.15) is 12.6 Å². The Morgan fingerprint density at radius 3 is 2.26 bits per heavy atom. The number of nitrogens with one attached hydrogen (secondary N) is 1. The molecule has 2 aromatic carbocycles. The van der Waals surface area contributed by atoms with Crippen LogP contribution in [0.3, 0.4) is 0 Å². The molecule has 1 saturated carbocycles. The lowest BCUT2D eigenvalue weighted by Crippen LogP contribution is -2.52. The van der Waals surface area contributed by atoms with E-state index in [1.165, 1.54) is 11.0 Å². The lowest BCUT2D eigenvalue weighted by molar-refractivity contribution is -0.139. The summed E-state index contributed by atoms with van der Waals surface area (Å²) in [4.78, 5) is 28.1. The Morgan fingerprint density at radius 2 is 1.66 bits per heavy atom. The smallest absolute Gasteiger partial charge is 0.244 e. The quantitative estimate of drug-likeness (QED) is 0.506. The van der Waals surface area contributed by atoms with Gasteiger partial charge < -0.3 is 10.2 Å². The molecule has 1 fully saturated rings. The van der Waals surface area contributed by atoms with E-state index in [9.17, 15) is 18.0 Å². The van der Waals surface area contributed by atoms with Crippen LogP contribution in [0.2, 0.25) is 10.0 Å². The molecule has 35 heavy (non-hydrogen) atoms. The van der Waals surface area contributed by atoms with E-state index in [2.05, 4.69) is 5.32 Å². The van der Waals surface area contributed by atoms with Crippen LogP contribution in [0.5, 0.6) is 0 Å². The molecular formula is C25H31Cl2N3O4S. The Balaban J connectivity index is 1.90. The molecule has 0 saturated heterocycles. The van der Waals surface area contributed by atoms with E-state index < -0.39 is 28.5 Å². The van der Waals surface area contributed by atoms with Gasteiger partial charge in [-0.1, -0.05) is 54.2 Å². The highest BCUT2D eigenvalue weighted by Gasteiger charge is 2.31. The van der Waals surface area contributed by atoms with Crippen molar-refractivity contribution in [2.24, 2.45) is 0 Å². The predicted molar refractivity (Wildman–Crippen MR) is 140 cm³/mol. The van der Waals surface area contributed by atoms with Gasteiger partial charge >= 0.3 is 0 Å². The second-order valence-corrected chi connectivity index (χ2v) is 11.8. The van der Waals surface area contributed by atoms with Gasteiger partial charge in [0, 0.05) is 22.6 Å². The van der Waals surface area contributed by atoms with E-state index in [0.29, 0.717) is 21.3 Å². The minimum absolute atomic E-state index is 0.0964. The van der Waals surface area contributed by atoms with Gasteiger partial charge in [-0.15, -0.1) is 0 Å². The lowest BCUT2D eigenvalue weighted by Gasteiger charge is -2.32. The predicted octanol–water partition coefficient (Wildman–Crippen LogP) is 4.54. The molecule has 3 rings (SSSR count). The monoisotopic (exact) mass is 539 g/mol. The fraction of sp³-hybridized carbons (Fsp3) is 0.440. The van der Waals surface area contributed by atoms with Gasteiger partial charge in [0.05, 0.1) is 11.9 Å². The maximum atomic E-state index is 13.6. The molecule has 1 aliphatic rings. The van der Waals surface area contributed by atoms with Crippen molar-refractivity contribution >= 4 is 50.7 Å². The van der Waals surface area contributed by atoms with Gasteiger partial charge in [-0.05, 0) is 62.1 Å². The maximum Gasteiger partial charge on any atom is 0.244 e. The molecule has 190 valence electrons. The summed E-state index contributed by atoms with van der Waals surface area (Å²) in [5.74, 6) is -0.761. The fourth-order valence-corrected chi connectivity index (χ4v) is 5.40. The number of carbonyl (C=O) groups excluding carboxylic acids is 2. The summed E-state index contributed by atoms with van der Waals surface area (Å²) in [5.41, 5.74) is 1.75. The summed E-state index contributed by atoms with van der Waals surface area (Å²) in [6.45, 7) is 3.07. The number of hydrogen-bond donors (Lipinski definition) is 1. The first-order valence-electron chi connectivity index (χ1n) is 11.5. The zero-order valence-electron chi connectivity index (χ0n) is 20.1. The van der Waals surface area contributed by atoms with Crippen LogP contribution in [0, 0.1) is 6.92 Å². The highest BCUT2D eigenvalue weighted by atomic mass is 35.5. The van der Waals surface area contributed by atoms with Gasteiger partial charge in [-0.2, -0.15) is 0 Å². The van der Waals surface area contributed by atoms with E-state index in [0.717, 1.165) is 41.8 Å². The first-order valence-corrected chi connectivity index (χ1v) is 14.1. The Morgan fingerprint density at radius 1 is 1.06 bits per heavy atom. The third-order valence-electron chi connectivity index (χ3n) is 6.25. The number of rotatable bonds is 9. The van der Waals surface area contributed by atoms with Crippen LogP contribution in [0.4, 0.5) is 5.69 Å². The Hall–Kier alpha value is -2.29. The van der Waals surface area contributed by atoms with Crippen LogP contribution in [0.15, 0.2) is 42.5 Å². The molecule has 0 aliphatic heterocycles. The molecule has 7 nitrogen and oxygen atoms in total. The number of amides is 2. The van der Waals surface area contributed by atoms with Crippen LogP contribution < -0.4 is 9.62 Å². The molecule has 1 N–H and O–H groups in total. The maximum absolute atomic E-state index is 13.6. The van der Waals surface area contributed by atoms with E-state index >= 15 is 0 Å². The lowest BCUT2D eigenvalue weighted by atomic mass is 10.1. The van der Waals surface area contributed by atoms with E-state index in [1.807, 2.05) is 0 Å². The summed E-state index contributed by atoms with van der Waals surface area (Å²) in [7, 11) is -3.82. The van der Waals surface area contributed by atoms with Crippen LogP contribution in [0.1, 0.15) is 43.7 Å². The zero-order chi connectivity index (χ0) is 25.8. The minimum Gasteiger partial charge on any atom is -0.352 e. The zero-order valence-corrected chi connectivity index (χ0v) is 22.5. The highest BCUT2D eigenvalue weighted by molar-refractivity contribution is 7.92. The van der Waals surface area contributed by atoms with Gasteiger partial charge in [-0.25, -0.2) is 8.42 Å². The van der Waals surface area contributed by atoms with Gasteiger partial charge in [0.2, 0.25) is 21.8 Å². The highest BCUT2D eigenvalue weighted by Crippen LogP contribution is 2.27. The molecule has 0 unspecified atom stereocenters. The summed E-state index contributed by atoms with van der Waals surface area (Å²) in [6.07, 6.45) is 5.00. The fourth-order valence-electron chi connectivity index (χ4n) is 4.21. The number of halogens is 2. The second-order valence-electron chi connectivity index (χ2n) is 9.01. The van der Waals surface area contributed by atoms with Crippen LogP contribution in [-0.2, 0) is 26.2 Å². The molecule has 0 radical (unpaired) electrons. The molecule has 2 aromatic rings. The molecule has 0 aromatic heterocycles. The van der Waals surface area contributed by atoms with Gasteiger partial charge in [0.25, 0.3) is 0 Å². The number of hydrogen-bond acceptors (Lipinski definition) is 4. The largest absolute Gasteiger partial charge is 0.352 e. The van der Waals surface area contributed by atoms with Crippen molar-refractivity contribution < 1.29 is 18.0 Å². The number of benzene rings is 2. The van der Waals surface area contributed by atoms with E-state index in [1.54, 1.807) is 50.2 Å².